The van der Waals surface area contributed by atoms with Gasteiger partial charge in [-0.2, -0.15) is 0 Å². The fourth-order valence-corrected chi connectivity index (χ4v) is 3.75. The summed E-state index contributed by atoms with van der Waals surface area (Å²) in [5.74, 6) is -0.472. The number of amides is 2. The lowest BCUT2D eigenvalue weighted by molar-refractivity contribution is 0.0846. The molecule has 0 saturated heterocycles. The average Bonchev–Trinajstić information content (AvgIpc) is 2.97. The van der Waals surface area contributed by atoms with Gasteiger partial charge < -0.3 is 4.74 Å². The van der Waals surface area contributed by atoms with Crippen molar-refractivity contribution in [3.63, 3.8) is 0 Å². The van der Waals surface area contributed by atoms with E-state index in [-0.39, 0.29) is 0 Å². The van der Waals surface area contributed by atoms with Crippen LogP contribution in [0.1, 0.15) is 27.0 Å². The van der Waals surface area contributed by atoms with Gasteiger partial charge in [0.15, 0.2) is 0 Å². The number of ether oxygens (including phenoxy) is 1. The van der Waals surface area contributed by atoms with Gasteiger partial charge in [0, 0.05) is 10.1 Å². The fourth-order valence-electron chi connectivity index (χ4n) is 2.33. The van der Waals surface area contributed by atoms with Gasteiger partial charge in [0.05, 0.1) is 17.2 Å². The van der Waals surface area contributed by atoms with Crippen LogP contribution in [0.5, 0.6) is 5.75 Å². The van der Waals surface area contributed by atoms with Gasteiger partial charge in [-0.15, -0.1) is 11.3 Å². The lowest BCUT2D eigenvalue weighted by Crippen LogP contribution is -2.41. The monoisotopic (exact) mass is 374 g/mol. The summed E-state index contributed by atoms with van der Waals surface area (Å²) < 4.78 is 6.32. The summed E-state index contributed by atoms with van der Waals surface area (Å²) in [6, 6.07) is 14.3. The zero-order valence-electron chi connectivity index (χ0n) is 13.3. The molecule has 0 saturated carbocycles. The van der Waals surface area contributed by atoms with Gasteiger partial charge in [0.25, 0.3) is 11.8 Å². The molecule has 0 radical (unpaired) electrons. The zero-order valence-corrected chi connectivity index (χ0v) is 14.9. The van der Waals surface area contributed by atoms with E-state index in [1.807, 2.05) is 31.2 Å². The number of para-hydroxylation sites is 1. The quantitative estimate of drug-likeness (QED) is 0.677. The highest BCUT2D eigenvalue weighted by Gasteiger charge is 2.18. The minimum absolute atomic E-state index is 0.340. The number of halogens is 1. The lowest BCUT2D eigenvalue weighted by atomic mass is 10.2. The maximum atomic E-state index is 12.4. The summed E-state index contributed by atoms with van der Waals surface area (Å²) >= 11 is 7.54. The summed E-state index contributed by atoms with van der Waals surface area (Å²) in [6.45, 7) is 2.27. The Morgan fingerprint density at radius 1 is 1.04 bits per heavy atom. The van der Waals surface area contributed by atoms with Crippen LogP contribution in [-0.4, -0.2) is 18.4 Å². The van der Waals surface area contributed by atoms with Crippen molar-refractivity contribution in [2.45, 2.75) is 6.92 Å². The van der Waals surface area contributed by atoms with E-state index < -0.39 is 11.8 Å². The van der Waals surface area contributed by atoms with Gasteiger partial charge in [-0.1, -0.05) is 41.9 Å². The van der Waals surface area contributed by atoms with Crippen molar-refractivity contribution < 1.29 is 14.3 Å². The van der Waals surface area contributed by atoms with Crippen LogP contribution in [-0.2, 0) is 0 Å². The molecule has 0 atom stereocenters. The largest absolute Gasteiger partial charge is 0.493 e. The average molecular weight is 375 g/mol. The molecule has 2 N–H and O–H groups in total. The Morgan fingerprint density at radius 3 is 2.48 bits per heavy atom. The molecule has 0 unspecified atom stereocenters. The van der Waals surface area contributed by atoms with Crippen LogP contribution in [0.25, 0.3) is 10.1 Å². The van der Waals surface area contributed by atoms with Crippen molar-refractivity contribution in [1.82, 2.24) is 10.9 Å². The molecular formula is C18H15ClN2O3S. The van der Waals surface area contributed by atoms with Gasteiger partial charge in [-0.05, 0) is 25.1 Å². The van der Waals surface area contributed by atoms with Gasteiger partial charge >= 0.3 is 0 Å². The van der Waals surface area contributed by atoms with E-state index in [2.05, 4.69) is 10.9 Å². The summed E-state index contributed by atoms with van der Waals surface area (Å²) in [5, 5.41) is 1.19. The smallest absolute Gasteiger partial charge is 0.281 e. The Bertz CT molecular complexity index is 939. The molecule has 7 heteroatoms. The molecule has 3 aromatic rings. The fraction of sp³-hybridized carbons (Fsp3) is 0.111. The second-order valence-electron chi connectivity index (χ2n) is 5.08. The van der Waals surface area contributed by atoms with Gasteiger partial charge in [0.1, 0.15) is 10.6 Å². The number of thiophene rings is 1. The zero-order chi connectivity index (χ0) is 17.8. The first-order valence-corrected chi connectivity index (χ1v) is 8.80. The highest BCUT2D eigenvalue weighted by atomic mass is 35.5. The topological polar surface area (TPSA) is 67.4 Å². The SMILES string of the molecule is CCOc1ccccc1C(=O)NNC(=O)c1sc2ccccc2c1Cl. The molecule has 0 bridgehead atoms. The van der Waals surface area contributed by atoms with E-state index in [0.29, 0.717) is 27.8 Å². The third kappa shape index (κ3) is 3.60. The maximum Gasteiger partial charge on any atom is 0.281 e. The molecule has 3 rings (SSSR count). The van der Waals surface area contributed by atoms with Crippen molar-refractivity contribution in [2.24, 2.45) is 0 Å². The summed E-state index contributed by atoms with van der Waals surface area (Å²) in [4.78, 5) is 25.0. The van der Waals surface area contributed by atoms with Crippen LogP contribution in [0.2, 0.25) is 5.02 Å². The normalized spacial score (nSPS) is 10.5. The number of hydrogen-bond donors (Lipinski definition) is 2. The van der Waals surface area contributed by atoms with E-state index in [0.717, 1.165) is 10.1 Å². The third-order valence-electron chi connectivity index (χ3n) is 3.46. The first-order chi connectivity index (χ1) is 12.1. The van der Waals surface area contributed by atoms with Crippen LogP contribution in [0.3, 0.4) is 0 Å². The highest BCUT2D eigenvalue weighted by Crippen LogP contribution is 2.34. The van der Waals surface area contributed by atoms with Crippen LogP contribution in [0.15, 0.2) is 48.5 Å². The summed E-state index contributed by atoms with van der Waals surface area (Å²) in [7, 11) is 0. The number of hydrazine groups is 1. The summed E-state index contributed by atoms with van der Waals surface area (Å²) in [5.41, 5.74) is 5.14. The third-order valence-corrected chi connectivity index (χ3v) is 5.14. The van der Waals surface area contributed by atoms with Gasteiger partial charge in [0.2, 0.25) is 0 Å². The second-order valence-corrected chi connectivity index (χ2v) is 6.51. The number of carbonyl (C=O) groups excluding carboxylic acids is 2. The Kier molecular flexibility index (Phi) is 5.21. The van der Waals surface area contributed by atoms with E-state index >= 15 is 0 Å². The highest BCUT2D eigenvalue weighted by molar-refractivity contribution is 7.21. The Labute approximate surface area is 153 Å². The Balaban J connectivity index is 1.73. The van der Waals surface area contributed by atoms with E-state index in [1.165, 1.54) is 11.3 Å². The molecular weight excluding hydrogens is 360 g/mol. The predicted molar refractivity (Wildman–Crippen MR) is 99.4 cm³/mol. The molecule has 0 aliphatic rings. The Hall–Kier alpha value is -2.57. The van der Waals surface area contributed by atoms with E-state index in [1.54, 1.807) is 24.3 Å². The first kappa shape index (κ1) is 17.3. The molecule has 1 heterocycles. The lowest BCUT2D eigenvalue weighted by Gasteiger charge is -2.10. The summed E-state index contributed by atoms with van der Waals surface area (Å²) in [6.07, 6.45) is 0. The predicted octanol–water partition coefficient (Wildman–Crippen LogP) is 4.03. The van der Waals surface area contributed by atoms with Gasteiger partial charge in [-0.3, -0.25) is 20.4 Å². The Morgan fingerprint density at radius 2 is 1.72 bits per heavy atom. The number of nitrogens with one attached hydrogen (secondary N) is 2. The number of hydrogen-bond acceptors (Lipinski definition) is 4. The number of carbonyl (C=O) groups is 2. The van der Waals surface area contributed by atoms with Crippen LogP contribution >= 0.6 is 22.9 Å². The molecule has 0 fully saturated rings. The second kappa shape index (κ2) is 7.55. The molecule has 0 spiro atoms. The van der Waals surface area contributed by atoms with Crippen molar-refractivity contribution in [1.29, 1.82) is 0 Å². The molecule has 0 aliphatic heterocycles. The van der Waals surface area contributed by atoms with E-state index in [4.69, 9.17) is 16.3 Å². The van der Waals surface area contributed by atoms with Crippen LogP contribution in [0, 0.1) is 0 Å². The molecule has 1 aromatic heterocycles. The van der Waals surface area contributed by atoms with Crippen molar-refractivity contribution in [3.8, 4) is 5.75 Å². The van der Waals surface area contributed by atoms with Crippen LogP contribution in [0.4, 0.5) is 0 Å². The van der Waals surface area contributed by atoms with Crippen molar-refractivity contribution >= 4 is 44.8 Å². The molecule has 0 aliphatic carbocycles. The van der Waals surface area contributed by atoms with E-state index in [9.17, 15) is 9.59 Å². The standard InChI is InChI=1S/C18H15ClN2O3S/c1-2-24-13-9-5-3-7-11(13)17(22)20-21-18(23)16-15(19)12-8-4-6-10-14(12)25-16/h3-10H,2H2,1H3,(H,20,22)(H,21,23). The maximum absolute atomic E-state index is 12.4. The van der Waals surface area contributed by atoms with Crippen LogP contribution < -0.4 is 15.6 Å². The molecule has 5 nitrogen and oxygen atoms in total. The molecule has 128 valence electrons. The first-order valence-electron chi connectivity index (χ1n) is 7.61. The minimum atomic E-state index is -0.464. The number of fused-ring (bicyclic) bond motifs is 1. The molecule has 2 amide bonds. The molecule has 25 heavy (non-hydrogen) atoms. The molecule has 2 aromatic carbocycles. The van der Waals surface area contributed by atoms with Crippen molar-refractivity contribution in [3.05, 3.63) is 64.0 Å². The number of benzene rings is 2. The number of rotatable bonds is 4. The minimum Gasteiger partial charge on any atom is -0.493 e. The van der Waals surface area contributed by atoms with Crippen molar-refractivity contribution in [2.75, 3.05) is 6.61 Å². The van der Waals surface area contributed by atoms with Gasteiger partial charge in [-0.25, -0.2) is 0 Å².